The standard InChI is InChI=1S/C25H36O5/c1-18(2)30-25(29)13-9-4-3-8-12-21-22(24(28)17-23(21)27)15-14-20(26)16-19-10-6-5-7-11-19/h3,5-8,10-11,14-15,18,20-24,26-28H,4,9,12-13,16-17H2,1-2H3/t20?,21-,22-,23?,24?/m1/s1. The predicted molar refractivity (Wildman–Crippen MR) is 118 cm³/mol. The van der Waals surface area contributed by atoms with Gasteiger partial charge >= 0.3 is 5.97 Å². The Balaban J connectivity index is 1.80. The summed E-state index contributed by atoms with van der Waals surface area (Å²) < 4.78 is 5.11. The first-order chi connectivity index (χ1) is 14.4. The molecule has 3 unspecified atom stereocenters. The van der Waals surface area contributed by atoms with Crippen molar-refractivity contribution in [3.63, 3.8) is 0 Å². The molecule has 0 aromatic heterocycles. The van der Waals surface area contributed by atoms with Crippen LogP contribution in [0.2, 0.25) is 0 Å². The molecule has 5 heteroatoms. The molecular weight excluding hydrogens is 380 g/mol. The lowest BCUT2D eigenvalue weighted by atomic mass is 9.89. The zero-order chi connectivity index (χ0) is 21.9. The van der Waals surface area contributed by atoms with Crippen molar-refractivity contribution < 1.29 is 24.9 Å². The van der Waals surface area contributed by atoms with E-state index < -0.39 is 18.3 Å². The number of hydrogen-bond donors (Lipinski definition) is 3. The fraction of sp³-hybridized carbons (Fsp3) is 0.560. The Bertz CT molecular complexity index is 682. The van der Waals surface area contributed by atoms with Crippen LogP contribution in [-0.4, -0.2) is 45.7 Å². The van der Waals surface area contributed by atoms with Crippen LogP contribution in [0, 0.1) is 11.8 Å². The van der Waals surface area contributed by atoms with E-state index in [1.165, 1.54) is 0 Å². The topological polar surface area (TPSA) is 87.0 Å². The second-order valence-corrected chi connectivity index (χ2v) is 8.39. The van der Waals surface area contributed by atoms with Crippen LogP contribution in [0.5, 0.6) is 0 Å². The molecule has 0 saturated heterocycles. The van der Waals surface area contributed by atoms with Gasteiger partial charge in [-0.15, -0.1) is 0 Å². The molecule has 0 heterocycles. The maximum absolute atomic E-state index is 11.5. The van der Waals surface area contributed by atoms with Crippen molar-refractivity contribution in [2.75, 3.05) is 0 Å². The van der Waals surface area contributed by atoms with Gasteiger partial charge in [0.05, 0.1) is 24.4 Å². The van der Waals surface area contributed by atoms with Crippen LogP contribution in [0.25, 0.3) is 0 Å². The van der Waals surface area contributed by atoms with Gasteiger partial charge in [0.15, 0.2) is 0 Å². The zero-order valence-electron chi connectivity index (χ0n) is 18.1. The normalized spacial score (nSPS) is 25.4. The van der Waals surface area contributed by atoms with Gasteiger partial charge in [-0.25, -0.2) is 0 Å². The summed E-state index contributed by atoms with van der Waals surface area (Å²) in [5, 5.41) is 31.0. The maximum Gasteiger partial charge on any atom is 0.306 e. The van der Waals surface area contributed by atoms with Crippen molar-refractivity contribution in [3.8, 4) is 0 Å². The van der Waals surface area contributed by atoms with Gasteiger partial charge in [0.2, 0.25) is 0 Å². The lowest BCUT2D eigenvalue weighted by molar-refractivity contribution is -0.147. The van der Waals surface area contributed by atoms with E-state index in [1.54, 1.807) is 6.08 Å². The Morgan fingerprint density at radius 2 is 1.90 bits per heavy atom. The maximum atomic E-state index is 11.5. The molecule has 1 fully saturated rings. The lowest BCUT2D eigenvalue weighted by Gasteiger charge is -2.19. The molecule has 0 aliphatic heterocycles. The molecule has 0 radical (unpaired) electrons. The molecular formula is C25H36O5. The molecule has 0 amide bonds. The van der Waals surface area contributed by atoms with E-state index >= 15 is 0 Å². The van der Waals surface area contributed by atoms with Crippen LogP contribution >= 0.6 is 0 Å². The molecule has 5 atom stereocenters. The van der Waals surface area contributed by atoms with Crippen molar-refractivity contribution in [3.05, 3.63) is 60.2 Å². The number of hydrogen-bond acceptors (Lipinski definition) is 5. The van der Waals surface area contributed by atoms with Crippen molar-refractivity contribution in [2.45, 2.75) is 76.8 Å². The summed E-state index contributed by atoms with van der Waals surface area (Å²) in [6.45, 7) is 3.68. The second-order valence-electron chi connectivity index (χ2n) is 8.39. The third kappa shape index (κ3) is 8.42. The van der Waals surface area contributed by atoms with E-state index in [2.05, 4.69) is 0 Å². The third-order valence-corrected chi connectivity index (χ3v) is 5.45. The molecule has 1 aromatic carbocycles. The minimum Gasteiger partial charge on any atom is -0.463 e. The van der Waals surface area contributed by atoms with E-state index in [0.29, 0.717) is 25.7 Å². The molecule has 3 N–H and O–H groups in total. The van der Waals surface area contributed by atoms with Crippen LogP contribution in [0.3, 0.4) is 0 Å². The number of carbonyl (C=O) groups excluding carboxylic acids is 1. The molecule has 30 heavy (non-hydrogen) atoms. The third-order valence-electron chi connectivity index (χ3n) is 5.45. The van der Waals surface area contributed by atoms with Gasteiger partial charge < -0.3 is 20.1 Å². The second kappa shape index (κ2) is 12.7. The first-order valence-corrected chi connectivity index (χ1v) is 11.0. The Labute approximate surface area is 180 Å². The summed E-state index contributed by atoms with van der Waals surface area (Å²) in [7, 11) is 0. The number of allylic oxidation sites excluding steroid dienone is 2. The summed E-state index contributed by atoms with van der Waals surface area (Å²) in [5.74, 6) is -0.439. The molecule has 1 saturated carbocycles. The van der Waals surface area contributed by atoms with Gasteiger partial charge in [-0.05, 0) is 44.6 Å². The summed E-state index contributed by atoms with van der Waals surface area (Å²) in [6.07, 6.45) is 9.17. The fourth-order valence-corrected chi connectivity index (χ4v) is 3.94. The average molecular weight is 417 g/mol. The lowest BCUT2D eigenvalue weighted by Crippen LogP contribution is -2.20. The molecule has 0 spiro atoms. The van der Waals surface area contributed by atoms with Crippen molar-refractivity contribution >= 4 is 5.97 Å². The number of rotatable bonds is 11. The summed E-state index contributed by atoms with van der Waals surface area (Å²) >= 11 is 0. The molecule has 5 nitrogen and oxygen atoms in total. The molecule has 1 aliphatic carbocycles. The molecule has 2 rings (SSSR count). The number of ether oxygens (including phenoxy) is 1. The van der Waals surface area contributed by atoms with E-state index in [-0.39, 0.29) is 23.9 Å². The first kappa shape index (κ1) is 24.3. The van der Waals surface area contributed by atoms with E-state index in [0.717, 1.165) is 18.4 Å². The fourth-order valence-electron chi connectivity index (χ4n) is 3.94. The molecule has 0 bridgehead atoms. The van der Waals surface area contributed by atoms with Gasteiger partial charge in [0.1, 0.15) is 0 Å². The quantitative estimate of drug-likeness (QED) is 0.292. The smallest absolute Gasteiger partial charge is 0.306 e. The Morgan fingerprint density at radius 1 is 1.17 bits per heavy atom. The Kier molecular flexibility index (Phi) is 10.3. The largest absolute Gasteiger partial charge is 0.463 e. The summed E-state index contributed by atoms with van der Waals surface area (Å²) in [4.78, 5) is 11.5. The van der Waals surface area contributed by atoms with Crippen molar-refractivity contribution in [2.24, 2.45) is 11.8 Å². The monoisotopic (exact) mass is 416 g/mol. The van der Waals surface area contributed by atoms with Crippen molar-refractivity contribution in [1.82, 2.24) is 0 Å². The van der Waals surface area contributed by atoms with E-state index in [4.69, 9.17) is 4.74 Å². The number of benzene rings is 1. The number of carbonyl (C=O) groups is 1. The summed E-state index contributed by atoms with van der Waals surface area (Å²) in [6, 6.07) is 9.77. The number of unbranched alkanes of at least 4 members (excludes halogenated alkanes) is 1. The van der Waals surface area contributed by atoms with Gasteiger partial charge in [-0.3, -0.25) is 4.79 Å². The highest BCUT2D eigenvalue weighted by molar-refractivity contribution is 5.69. The number of aliphatic hydroxyl groups excluding tert-OH is 3. The highest BCUT2D eigenvalue weighted by Gasteiger charge is 2.39. The Morgan fingerprint density at radius 3 is 2.60 bits per heavy atom. The first-order valence-electron chi connectivity index (χ1n) is 11.0. The minimum atomic E-state index is -0.626. The molecule has 1 aliphatic rings. The summed E-state index contributed by atoms with van der Waals surface area (Å²) in [5.41, 5.74) is 1.05. The molecule has 1 aromatic rings. The highest BCUT2D eigenvalue weighted by atomic mass is 16.5. The van der Waals surface area contributed by atoms with E-state index in [9.17, 15) is 20.1 Å². The number of aliphatic hydroxyl groups is 3. The van der Waals surface area contributed by atoms with Gasteiger partial charge in [-0.1, -0.05) is 54.6 Å². The van der Waals surface area contributed by atoms with Crippen LogP contribution in [0.4, 0.5) is 0 Å². The van der Waals surface area contributed by atoms with Crippen LogP contribution in [0.1, 0.15) is 51.5 Å². The zero-order valence-corrected chi connectivity index (χ0v) is 18.1. The predicted octanol–water partition coefficient (Wildman–Crippen LogP) is 3.57. The average Bonchev–Trinajstić information content (AvgIpc) is 2.95. The van der Waals surface area contributed by atoms with Crippen molar-refractivity contribution in [1.29, 1.82) is 0 Å². The van der Waals surface area contributed by atoms with E-state index in [1.807, 2.05) is 62.4 Å². The van der Waals surface area contributed by atoms with Crippen LogP contribution < -0.4 is 0 Å². The highest BCUT2D eigenvalue weighted by Crippen LogP contribution is 2.36. The van der Waals surface area contributed by atoms with Crippen LogP contribution in [0.15, 0.2) is 54.6 Å². The van der Waals surface area contributed by atoms with Gasteiger partial charge in [-0.2, -0.15) is 0 Å². The van der Waals surface area contributed by atoms with Gasteiger partial charge in [0.25, 0.3) is 0 Å². The number of esters is 1. The minimum absolute atomic E-state index is 0.0812. The molecule has 166 valence electrons. The SMILES string of the molecule is CC(C)OC(=O)CCCC=CC[C@H]1C(O)CC(O)[C@@H]1C=CC(O)Cc1ccccc1. The van der Waals surface area contributed by atoms with Crippen LogP contribution in [-0.2, 0) is 16.0 Å². The van der Waals surface area contributed by atoms with Gasteiger partial charge in [0, 0.05) is 25.2 Å². The Hall–Kier alpha value is -1.95.